The van der Waals surface area contributed by atoms with E-state index in [-0.39, 0.29) is 0 Å². The van der Waals surface area contributed by atoms with Gasteiger partial charge in [-0.3, -0.25) is 0 Å². The van der Waals surface area contributed by atoms with E-state index in [9.17, 15) is 0 Å². The molecule has 0 aliphatic rings. The predicted octanol–water partition coefficient (Wildman–Crippen LogP) is 4.98. The summed E-state index contributed by atoms with van der Waals surface area (Å²) in [6.45, 7) is 2.18. The number of aromatic nitrogens is 3. The van der Waals surface area contributed by atoms with Crippen molar-refractivity contribution < 1.29 is 0 Å². The van der Waals surface area contributed by atoms with Gasteiger partial charge in [-0.1, -0.05) is 48.2 Å². The first-order valence-corrected chi connectivity index (χ1v) is 9.73. The van der Waals surface area contributed by atoms with Crippen molar-refractivity contribution in [1.82, 2.24) is 15.2 Å². The Labute approximate surface area is 142 Å². The van der Waals surface area contributed by atoms with E-state index < -0.39 is 0 Å². The summed E-state index contributed by atoms with van der Waals surface area (Å²) in [5, 5.41) is 15.8. The van der Waals surface area contributed by atoms with Gasteiger partial charge in [0, 0.05) is 16.8 Å². The van der Waals surface area contributed by atoms with Crippen LogP contribution in [0, 0.1) is 0 Å². The van der Waals surface area contributed by atoms with Crippen molar-refractivity contribution in [2.45, 2.75) is 29.9 Å². The van der Waals surface area contributed by atoms with E-state index in [1.54, 1.807) is 34.4 Å². The number of thioether (sulfide) groups is 1. The first-order chi connectivity index (χ1) is 10.8. The van der Waals surface area contributed by atoms with E-state index in [1.807, 2.05) is 30.3 Å². The van der Waals surface area contributed by atoms with Gasteiger partial charge in [0.15, 0.2) is 4.34 Å². The van der Waals surface area contributed by atoms with Crippen LogP contribution in [0.3, 0.4) is 0 Å². The summed E-state index contributed by atoms with van der Waals surface area (Å²) in [4.78, 5) is 4.63. The molecule has 0 atom stereocenters. The van der Waals surface area contributed by atoms with E-state index in [0.717, 1.165) is 39.4 Å². The summed E-state index contributed by atoms with van der Waals surface area (Å²) in [6.07, 6.45) is 2.21. The fourth-order valence-corrected chi connectivity index (χ4v) is 4.51. The number of hydrogen-bond donors (Lipinski definition) is 1. The quantitative estimate of drug-likeness (QED) is 0.610. The van der Waals surface area contributed by atoms with Gasteiger partial charge in [0.2, 0.25) is 5.13 Å². The molecule has 0 amide bonds. The number of benzene rings is 1. The summed E-state index contributed by atoms with van der Waals surface area (Å²) < 4.78 is 0.962. The molecule has 0 bridgehead atoms. The van der Waals surface area contributed by atoms with Crippen molar-refractivity contribution in [3.8, 4) is 0 Å². The monoisotopic (exact) mass is 348 g/mol. The maximum Gasteiger partial charge on any atom is 0.210 e. The van der Waals surface area contributed by atoms with Gasteiger partial charge in [0.05, 0.1) is 10.7 Å². The standard InChI is InChI=1S/C15H16N4S3/c1-2-6-13-16-12(9-20-13)10-21-15-19-18-14(22-15)17-11-7-4-3-5-8-11/h3-5,7-9H,2,6,10H2,1H3,(H,17,18). The van der Waals surface area contributed by atoms with Gasteiger partial charge in [0.1, 0.15) is 0 Å². The number of hydrogen-bond acceptors (Lipinski definition) is 7. The van der Waals surface area contributed by atoms with Gasteiger partial charge >= 0.3 is 0 Å². The van der Waals surface area contributed by atoms with Crippen LogP contribution in [0.1, 0.15) is 24.0 Å². The highest BCUT2D eigenvalue weighted by Crippen LogP contribution is 2.30. The molecule has 2 heterocycles. The lowest BCUT2D eigenvalue weighted by molar-refractivity contribution is 0.902. The van der Waals surface area contributed by atoms with Crippen LogP contribution in [0.25, 0.3) is 0 Å². The van der Waals surface area contributed by atoms with Crippen LogP contribution >= 0.6 is 34.4 Å². The van der Waals surface area contributed by atoms with Crippen LogP contribution in [-0.2, 0) is 12.2 Å². The molecule has 4 nitrogen and oxygen atoms in total. The molecule has 3 rings (SSSR count). The smallest absolute Gasteiger partial charge is 0.210 e. The Kier molecular flexibility index (Phi) is 5.42. The largest absolute Gasteiger partial charge is 0.330 e. The number of nitrogens with one attached hydrogen (secondary N) is 1. The number of nitrogens with zero attached hydrogens (tertiary/aromatic N) is 3. The molecule has 2 aromatic heterocycles. The van der Waals surface area contributed by atoms with Crippen molar-refractivity contribution in [2.75, 3.05) is 5.32 Å². The molecule has 0 fully saturated rings. The molecular formula is C15H16N4S3. The first-order valence-electron chi connectivity index (χ1n) is 7.05. The molecule has 0 saturated carbocycles. The second-order valence-electron chi connectivity index (χ2n) is 4.64. The molecule has 3 aromatic rings. The summed E-state index contributed by atoms with van der Waals surface area (Å²) in [5.41, 5.74) is 2.16. The maximum atomic E-state index is 4.63. The van der Waals surface area contributed by atoms with Gasteiger partial charge in [-0.05, 0) is 25.0 Å². The van der Waals surface area contributed by atoms with E-state index in [0.29, 0.717) is 0 Å². The van der Waals surface area contributed by atoms with Crippen LogP contribution < -0.4 is 5.32 Å². The second kappa shape index (κ2) is 7.71. The van der Waals surface area contributed by atoms with Crippen molar-refractivity contribution in [2.24, 2.45) is 0 Å². The Morgan fingerprint density at radius 2 is 2.05 bits per heavy atom. The van der Waals surface area contributed by atoms with E-state index in [4.69, 9.17) is 0 Å². The van der Waals surface area contributed by atoms with Gasteiger partial charge in [-0.2, -0.15) is 0 Å². The number of aryl methyl sites for hydroxylation is 1. The van der Waals surface area contributed by atoms with Crippen LogP contribution in [0.5, 0.6) is 0 Å². The van der Waals surface area contributed by atoms with Crippen LogP contribution in [0.15, 0.2) is 40.1 Å². The Balaban J connectivity index is 1.55. The highest BCUT2D eigenvalue weighted by molar-refractivity contribution is 8.00. The molecule has 0 aliphatic heterocycles. The van der Waals surface area contributed by atoms with E-state index in [1.165, 1.54) is 5.01 Å². The number of anilines is 2. The SMILES string of the molecule is CCCc1nc(CSc2nnc(Nc3ccccc3)s2)cs1. The molecular weight excluding hydrogens is 332 g/mol. The lowest BCUT2D eigenvalue weighted by Gasteiger charge is -1.99. The number of para-hydroxylation sites is 1. The zero-order valence-electron chi connectivity index (χ0n) is 12.2. The maximum absolute atomic E-state index is 4.63. The molecule has 0 saturated heterocycles. The summed E-state index contributed by atoms with van der Waals surface area (Å²) in [5.74, 6) is 0.847. The molecule has 114 valence electrons. The van der Waals surface area contributed by atoms with Crippen molar-refractivity contribution in [3.05, 3.63) is 46.4 Å². The third kappa shape index (κ3) is 4.28. The Bertz CT molecular complexity index is 708. The predicted molar refractivity (Wildman–Crippen MR) is 95.3 cm³/mol. The zero-order valence-corrected chi connectivity index (χ0v) is 14.6. The van der Waals surface area contributed by atoms with Crippen molar-refractivity contribution in [3.63, 3.8) is 0 Å². The Morgan fingerprint density at radius 3 is 2.86 bits per heavy atom. The summed E-state index contributed by atoms with van der Waals surface area (Å²) in [6, 6.07) is 10.0. The van der Waals surface area contributed by atoms with Gasteiger partial charge in [-0.15, -0.1) is 21.5 Å². The highest BCUT2D eigenvalue weighted by Gasteiger charge is 2.07. The zero-order chi connectivity index (χ0) is 15.2. The Hall–Kier alpha value is -1.44. The molecule has 7 heteroatoms. The molecule has 0 spiro atoms. The number of thiazole rings is 1. The molecule has 22 heavy (non-hydrogen) atoms. The van der Waals surface area contributed by atoms with E-state index >= 15 is 0 Å². The lowest BCUT2D eigenvalue weighted by Crippen LogP contribution is -1.87. The normalized spacial score (nSPS) is 10.8. The average Bonchev–Trinajstić information content (AvgIpc) is 3.16. The summed E-state index contributed by atoms with van der Waals surface area (Å²) in [7, 11) is 0. The topological polar surface area (TPSA) is 50.7 Å². The fourth-order valence-electron chi connectivity index (χ4n) is 1.84. The Morgan fingerprint density at radius 1 is 1.18 bits per heavy atom. The summed E-state index contributed by atoms with van der Waals surface area (Å²) >= 11 is 5.00. The highest BCUT2D eigenvalue weighted by atomic mass is 32.2. The van der Waals surface area contributed by atoms with E-state index in [2.05, 4.69) is 32.8 Å². The molecule has 0 radical (unpaired) electrons. The third-order valence-corrected chi connectivity index (χ3v) is 5.80. The average molecular weight is 349 g/mol. The van der Waals surface area contributed by atoms with Crippen molar-refractivity contribution >= 4 is 45.3 Å². The minimum Gasteiger partial charge on any atom is -0.330 e. The fraction of sp³-hybridized carbons (Fsp3) is 0.267. The third-order valence-electron chi connectivity index (χ3n) is 2.84. The first kappa shape index (κ1) is 15.5. The van der Waals surface area contributed by atoms with Gasteiger partial charge in [-0.25, -0.2) is 4.98 Å². The minimum atomic E-state index is 0.818. The molecule has 0 aliphatic carbocycles. The van der Waals surface area contributed by atoms with Crippen LogP contribution in [-0.4, -0.2) is 15.2 Å². The molecule has 1 aromatic carbocycles. The van der Waals surface area contributed by atoms with Crippen molar-refractivity contribution in [1.29, 1.82) is 0 Å². The van der Waals surface area contributed by atoms with Crippen LogP contribution in [0.2, 0.25) is 0 Å². The van der Waals surface area contributed by atoms with Crippen LogP contribution in [0.4, 0.5) is 10.8 Å². The molecule has 1 N–H and O–H groups in total. The molecule has 0 unspecified atom stereocenters. The number of rotatable bonds is 7. The minimum absolute atomic E-state index is 0.818. The lowest BCUT2D eigenvalue weighted by atomic mass is 10.3. The second-order valence-corrected chi connectivity index (χ2v) is 7.78. The van der Waals surface area contributed by atoms with Gasteiger partial charge in [0.25, 0.3) is 0 Å². The van der Waals surface area contributed by atoms with Gasteiger partial charge < -0.3 is 5.32 Å².